The van der Waals surface area contributed by atoms with Crippen molar-refractivity contribution in [3.8, 4) is 0 Å². The molecule has 2 aliphatic carbocycles. The largest absolute Gasteiger partial charge is 0.348 e. The highest BCUT2D eigenvalue weighted by atomic mass is 32.2. The number of amides is 1. The van der Waals surface area contributed by atoms with Gasteiger partial charge in [0.2, 0.25) is 5.91 Å². The number of carbonyl (C=O) groups is 1. The number of nitrogens with one attached hydrogen (secondary N) is 1. The van der Waals surface area contributed by atoms with Crippen LogP contribution in [0, 0.1) is 0 Å². The van der Waals surface area contributed by atoms with E-state index >= 15 is 0 Å². The van der Waals surface area contributed by atoms with Gasteiger partial charge in [-0.25, -0.2) is 4.98 Å². The van der Waals surface area contributed by atoms with Crippen LogP contribution in [0.3, 0.4) is 0 Å². The van der Waals surface area contributed by atoms with Gasteiger partial charge in [-0.2, -0.15) is 0 Å². The standard InChI is InChI=1S/C24H27N3O2S2/c1-14(21(28)25-18-12-7-9-15-8-3-4-10-16(15)18)30-24-26-22-20(23(29)27(24)2)17-11-5-6-13-19(17)31-22/h3-4,8,10,14,18H,5-7,9,11-13H2,1-2H3,(H,25,28). The molecule has 0 radical (unpaired) electrons. The molecule has 2 heterocycles. The van der Waals surface area contributed by atoms with Crippen LogP contribution in [-0.4, -0.2) is 20.7 Å². The third-order valence-corrected chi connectivity index (χ3v) is 8.82. The van der Waals surface area contributed by atoms with Gasteiger partial charge in [-0.05, 0) is 68.6 Å². The number of carbonyl (C=O) groups excluding carboxylic acids is 1. The van der Waals surface area contributed by atoms with Gasteiger partial charge in [-0.3, -0.25) is 14.2 Å². The molecule has 162 valence electrons. The van der Waals surface area contributed by atoms with E-state index in [2.05, 4.69) is 23.5 Å². The van der Waals surface area contributed by atoms with E-state index in [0.29, 0.717) is 5.16 Å². The summed E-state index contributed by atoms with van der Waals surface area (Å²) in [4.78, 5) is 33.1. The summed E-state index contributed by atoms with van der Waals surface area (Å²) in [5, 5.41) is 4.31. The molecule has 5 nitrogen and oxygen atoms in total. The molecule has 5 rings (SSSR count). The molecule has 0 spiro atoms. The lowest BCUT2D eigenvalue weighted by Gasteiger charge is -2.27. The van der Waals surface area contributed by atoms with Crippen LogP contribution in [0.5, 0.6) is 0 Å². The van der Waals surface area contributed by atoms with Crippen molar-refractivity contribution in [2.24, 2.45) is 7.05 Å². The predicted octanol–water partition coefficient (Wildman–Crippen LogP) is 4.55. The lowest BCUT2D eigenvalue weighted by molar-refractivity contribution is -0.121. The van der Waals surface area contributed by atoms with E-state index in [1.807, 2.05) is 13.0 Å². The summed E-state index contributed by atoms with van der Waals surface area (Å²) in [6, 6.07) is 8.43. The fraction of sp³-hybridized carbons (Fsp3) is 0.458. The molecule has 0 saturated heterocycles. The van der Waals surface area contributed by atoms with Gasteiger partial charge < -0.3 is 5.32 Å². The molecular formula is C24H27N3O2S2. The maximum absolute atomic E-state index is 13.1. The van der Waals surface area contributed by atoms with Crippen molar-refractivity contribution in [2.45, 2.75) is 68.3 Å². The van der Waals surface area contributed by atoms with E-state index in [1.54, 1.807) is 23.0 Å². The van der Waals surface area contributed by atoms with Crippen LogP contribution in [0.4, 0.5) is 0 Å². The molecular weight excluding hydrogens is 426 g/mol. The Labute approximate surface area is 190 Å². The number of thioether (sulfide) groups is 1. The molecule has 0 aliphatic heterocycles. The number of aryl methyl sites for hydroxylation is 3. The zero-order valence-corrected chi connectivity index (χ0v) is 19.6. The third kappa shape index (κ3) is 3.82. The number of hydrogen-bond donors (Lipinski definition) is 1. The van der Waals surface area contributed by atoms with Crippen LogP contribution in [0.2, 0.25) is 0 Å². The van der Waals surface area contributed by atoms with Gasteiger partial charge in [-0.15, -0.1) is 11.3 Å². The third-order valence-electron chi connectivity index (χ3n) is 6.49. The Kier molecular flexibility index (Phi) is 5.65. The quantitative estimate of drug-likeness (QED) is 0.465. The highest BCUT2D eigenvalue weighted by Crippen LogP contribution is 2.35. The van der Waals surface area contributed by atoms with Crippen LogP contribution < -0.4 is 10.9 Å². The fourth-order valence-electron chi connectivity index (χ4n) is 4.78. The van der Waals surface area contributed by atoms with Crippen molar-refractivity contribution in [3.63, 3.8) is 0 Å². The SMILES string of the molecule is CC(Sc1nc2sc3c(c2c(=O)n1C)CCCC3)C(=O)NC1CCCc2ccccc21. The van der Waals surface area contributed by atoms with Crippen LogP contribution >= 0.6 is 23.1 Å². The lowest BCUT2D eigenvalue weighted by Crippen LogP contribution is -2.36. The van der Waals surface area contributed by atoms with Crippen molar-refractivity contribution in [2.75, 3.05) is 0 Å². The number of hydrogen-bond acceptors (Lipinski definition) is 5. The predicted molar refractivity (Wildman–Crippen MR) is 127 cm³/mol. The van der Waals surface area contributed by atoms with E-state index < -0.39 is 0 Å². The minimum Gasteiger partial charge on any atom is -0.348 e. The van der Waals surface area contributed by atoms with Gasteiger partial charge in [0, 0.05) is 11.9 Å². The van der Waals surface area contributed by atoms with Gasteiger partial charge in [0.05, 0.1) is 16.7 Å². The molecule has 0 bridgehead atoms. The van der Waals surface area contributed by atoms with E-state index in [9.17, 15) is 9.59 Å². The Morgan fingerprint density at radius 3 is 2.90 bits per heavy atom. The molecule has 1 amide bonds. The molecule has 1 N–H and O–H groups in total. The monoisotopic (exact) mass is 453 g/mol. The van der Waals surface area contributed by atoms with Gasteiger partial charge in [0.1, 0.15) is 4.83 Å². The number of fused-ring (bicyclic) bond motifs is 4. The number of nitrogens with zero attached hydrogens (tertiary/aromatic N) is 2. The summed E-state index contributed by atoms with van der Waals surface area (Å²) in [5.74, 6) is -0.00785. The van der Waals surface area contributed by atoms with E-state index in [4.69, 9.17) is 4.98 Å². The molecule has 2 aromatic heterocycles. The zero-order chi connectivity index (χ0) is 21.5. The van der Waals surface area contributed by atoms with Crippen molar-refractivity contribution in [3.05, 3.63) is 56.2 Å². The number of rotatable bonds is 4. The Morgan fingerprint density at radius 2 is 2.03 bits per heavy atom. The van der Waals surface area contributed by atoms with Crippen LogP contribution in [0.1, 0.15) is 60.2 Å². The molecule has 31 heavy (non-hydrogen) atoms. The van der Waals surface area contributed by atoms with E-state index in [1.165, 1.54) is 39.8 Å². The highest BCUT2D eigenvalue weighted by molar-refractivity contribution is 8.00. The van der Waals surface area contributed by atoms with Crippen molar-refractivity contribution < 1.29 is 4.79 Å². The summed E-state index contributed by atoms with van der Waals surface area (Å²) in [6.07, 6.45) is 7.46. The summed E-state index contributed by atoms with van der Waals surface area (Å²) < 4.78 is 1.62. The Bertz CT molecular complexity index is 1210. The highest BCUT2D eigenvalue weighted by Gasteiger charge is 2.26. The Hall–Kier alpha value is -2.12. The van der Waals surface area contributed by atoms with Crippen molar-refractivity contribution >= 4 is 39.2 Å². The maximum atomic E-state index is 13.1. The van der Waals surface area contributed by atoms with Crippen LogP contribution in [-0.2, 0) is 31.1 Å². The summed E-state index contributed by atoms with van der Waals surface area (Å²) in [7, 11) is 1.77. The lowest BCUT2D eigenvalue weighted by atomic mass is 9.88. The second kappa shape index (κ2) is 8.43. The van der Waals surface area contributed by atoms with Crippen molar-refractivity contribution in [1.29, 1.82) is 0 Å². The molecule has 2 aliphatic rings. The summed E-state index contributed by atoms with van der Waals surface area (Å²) in [6.45, 7) is 1.89. The van der Waals surface area contributed by atoms with E-state index in [0.717, 1.165) is 48.7 Å². The first kappa shape index (κ1) is 20.8. The maximum Gasteiger partial charge on any atom is 0.262 e. The summed E-state index contributed by atoms with van der Waals surface area (Å²) >= 11 is 3.02. The Balaban J connectivity index is 1.37. The minimum atomic E-state index is -0.334. The number of benzene rings is 1. The molecule has 1 aromatic carbocycles. The van der Waals surface area contributed by atoms with Crippen molar-refractivity contribution in [1.82, 2.24) is 14.9 Å². The Morgan fingerprint density at radius 1 is 1.23 bits per heavy atom. The van der Waals surface area contributed by atoms with Gasteiger partial charge in [0.25, 0.3) is 5.56 Å². The molecule has 3 aromatic rings. The molecule has 2 atom stereocenters. The van der Waals surface area contributed by atoms with Crippen LogP contribution in [0.25, 0.3) is 10.2 Å². The van der Waals surface area contributed by atoms with Crippen LogP contribution in [0.15, 0.2) is 34.2 Å². The average Bonchev–Trinajstić information content (AvgIpc) is 3.15. The van der Waals surface area contributed by atoms with E-state index in [-0.39, 0.29) is 22.8 Å². The first-order chi connectivity index (χ1) is 15.0. The topological polar surface area (TPSA) is 64.0 Å². The fourth-order valence-corrected chi connectivity index (χ4v) is 6.96. The van der Waals surface area contributed by atoms with Gasteiger partial charge in [0.15, 0.2) is 5.16 Å². The molecule has 0 fully saturated rings. The average molecular weight is 454 g/mol. The molecule has 7 heteroatoms. The number of thiophene rings is 1. The first-order valence-corrected chi connectivity index (χ1v) is 12.8. The summed E-state index contributed by atoms with van der Waals surface area (Å²) in [5.41, 5.74) is 3.78. The first-order valence-electron chi connectivity index (χ1n) is 11.1. The number of aromatic nitrogens is 2. The normalized spacial score (nSPS) is 19.0. The minimum absolute atomic E-state index is 0.00785. The van der Waals surface area contributed by atoms with Gasteiger partial charge >= 0.3 is 0 Å². The zero-order valence-electron chi connectivity index (χ0n) is 17.9. The smallest absolute Gasteiger partial charge is 0.262 e. The molecule has 0 saturated carbocycles. The van der Waals surface area contributed by atoms with Gasteiger partial charge in [-0.1, -0.05) is 36.0 Å². The second-order valence-corrected chi connectivity index (χ2v) is 11.0. The second-order valence-electron chi connectivity index (χ2n) is 8.56. The molecule has 2 unspecified atom stereocenters.